The first-order valence-corrected chi connectivity index (χ1v) is 13.5. The molecule has 2 atom stereocenters. The largest absolute Gasteiger partial charge is 0.492 e. The van der Waals surface area contributed by atoms with E-state index in [4.69, 9.17) is 14.2 Å². The second-order valence-electron chi connectivity index (χ2n) is 10.6. The van der Waals surface area contributed by atoms with Gasteiger partial charge in [-0.15, -0.1) is 0 Å². The summed E-state index contributed by atoms with van der Waals surface area (Å²) >= 11 is 4.07. The van der Waals surface area contributed by atoms with Crippen LogP contribution in [-0.2, 0) is 9.53 Å². The van der Waals surface area contributed by atoms with E-state index in [1.807, 2.05) is 26.0 Å². The predicted octanol–water partition coefficient (Wildman–Crippen LogP) is 5.38. The molecule has 2 unspecified atom stereocenters. The zero-order chi connectivity index (χ0) is 23.1. The number of hydrogen-bond acceptors (Lipinski definition) is 5. The Kier molecular flexibility index (Phi) is 6.55. The highest BCUT2D eigenvalue weighted by Gasteiger charge is 2.57. The highest BCUT2D eigenvalue weighted by Crippen LogP contribution is 2.65. The van der Waals surface area contributed by atoms with E-state index >= 15 is 0 Å². The predicted molar refractivity (Wildman–Crippen MR) is 134 cm³/mol. The van der Waals surface area contributed by atoms with Gasteiger partial charge < -0.3 is 24.4 Å². The fraction of sp³-hybridized carbons (Fsp3) is 0.731. The lowest BCUT2D eigenvalue weighted by Crippen LogP contribution is -2.53. The van der Waals surface area contributed by atoms with E-state index < -0.39 is 0 Å². The summed E-state index contributed by atoms with van der Waals surface area (Å²) in [6, 6.07) is 3.97. The molecule has 4 saturated carbocycles. The molecule has 6 rings (SSSR count). The minimum Gasteiger partial charge on any atom is -0.492 e. The van der Waals surface area contributed by atoms with Crippen molar-refractivity contribution in [3.8, 4) is 11.5 Å². The Morgan fingerprint density at radius 1 is 1.09 bits per heavy atom. The molecule has 1 N–H and O–H groups in total. The van der Waals surface area contributed by atoms with Crippen LogP contribution in [-0.4, -0.2) is 49.7 Å². The molecule has 1 saturated heterocycles. The monoisotopic (exact) mass is 520 g/mol. The van der Waals surface area contributed by atoms with Gasteiger partial charge in [-0.2, -0.15) is 0 Å². The van der Waals surface area contributed by atoms with Crippen LogP contribution in [0.3, 0.4) is 0 Å². The number of hydrogen-bond donors (Lipinski definition) is 1. The van der Waals surface area contributed by atoms with Gasteiger partial charge in [0.15, 0.2) is 0 Å². The van der Waals surface area contributed by atoms with Crippen molar-refractivity contribution in [1.82, 2.24) is 0 Å². The van der Waals surface area contributed by atoms with Crippen molar-refractivity contribution in [3.63, 3.8) is 0 Å². The first kappa shape index (κ1) is 23.3. The maximum atomic E-state index is 13.4. The minimum atomic E-state index is 0.0931. The maximum Gasteiger partial charge on any atom is 0.225 e. The molecule has 1 heterocycles. The molecule has 33 heavy (non-hydrogen) atoms. The summed E-state index contributed by atoms with van der Waals surface area (Å²) in [5, 5.41) is 3.21. The van der Waals surface area contributed by atoms with Crippen LogP contribution in [0.5, 0.6) is 11.5 Å². The average molecular weight is 521 g/mol. The van der Waals surface area contributed by atoms with E-state index in [9.17, 15) is 4.79 Å². The fourth-order valence-corrected chi connectivity index (χ4v) is 8.83. The number of morpholine rings is 1. The van der Waals surface area contributed by atoms with Crippen molar-refractivity contribution in [2.24, 2.45) is 17.3 Å². The molecule has 5 aliphatic rings. The molecule has 0 spiro atoms. The zero-order valence-electron chi connectivity index (χ0n) is 20.0. The summed E-state index contributed by atoms with van der Waals surface area (Å²) < 4.78 is 17.8. The lowest BCUT2D eigenvalue weighted by atomic mass is 9.48. The van der Waals surface area contributed by atoms with Crippen molar-refractivity contribution >= 4 is 33.2 Å². The molecule has 4 bridgehead atoms. The van der Waals surface area contributed by atoms with Crippen molar-refractivity contribution < 1.29 is 19.0 Å². The highest BCUT2D eigenvalue weighted by molar-refractivity contribution is 9.10. The van der Waals surface area contributed by atoms with Crippen LogP contribution < -0.4 is 19.7 Å². The van der Waals surface area contributed by atoms with Crippen molar-refractivity contribution in [2.45, 2.75) is 63.1 Å². The molecular weight excluding hydrogens is 484 g/mol. The Balaban J connectivity index is 1.36. The Labute approximate surface area is 205 Å². The van der Waals surface area contributed by atoms with Crippen molar-refractivity contribution in [2.75, 3.05) is 49.7 Å². The molecular formula is C26H37BrN2O4. The average Bonchev–Trinajstić information content (AvgIpc) is 2.74. The molecule has 0 aromatic heterocycles. The van der Waals surface area contributed by atoms with Gasteiger partial charge in [-0.25, -0.2) is 0 Å². The molecule has 0 radical (unpaired) electrons. The molecule has 6 nitrogen and oxygen atoms in total. The Bertz CT molecular complexity index is 871. The Morgan fingerprint density at radius 3 is 2.39 bits per heavy atom. The lowest BCUT2D eigenvalue weighted by Gasteiger charge is -2.60. The van der Waals surface area contributed by atoms with Gasteiger partial charge in [0, 0.05) is 36.0 Å². The van der Waals surface area contributed by atoms with Gasteiger partial charge >= 0.3 is 0 Å². The van der Waals surface area contributed by atoms with Crippen LogP contribution in [0.25, 0.3) is 0 Å². The third kappa shape index (κ3) is 4.86. The van der Waals surface area contributed by atoms with Gasteiger partial charge in [0.2, 0.25) is 5.91 Å². The molecule has 1 aliphatic heterocycles. The normalized spacial score (nSPS) is 32.6. The lowest BCUT2D eigenvalue weighted by molar-refractivity contribution is -0.123. The molecule has 1 aromatic rings. The Morgan fingerprint density at radius 2 is 1.76 bits per heavy atom. The smallest absolute Gasteiger partial charge is 0.225 e. The summed E-state index contributed by atoms with van der Waals surface area (Å²) in [7, 11) is 0. The molecule has 182 valence electrons. The third-order valence-electron chi connectivity index (χ3n) is 7.93. The fourth-order valence-electron chi connectivity index (χ4n) is 7.32. The summed E-state index contributed by atoms with van der Waals surface area (Å²) in [6.07, 6.45) is 8.02. The van der Waals surface area contributed by atoms with Crippen molar-refractivity contribution in [1.29, 1.82) is 0 Å². The van der Waals surface area contributed by atoms with Gasteiger partial charge in [0.1, 0.15) is 11.5 Å². The zero-order valence-corrected chi connectivity index (χ0v) is 21.5. The van der Waals surface area contributed by atoms with Gasteiger partial charge in [-0.1, -0.05) is 15.9 Å². The molecule has 4 aliphatic carbocycles. The van der Waals surface area contributed by atoms with Gasteiger partial charge in [0.05, 0.1) is 37.8 Å². The van der Waals surface area contributed by atoms with E-state index in [0.29, 0.717) is 44.3 Å². The highest BCUT2D eigenvalue weighted by atomic mass is 79.9. The number of rotatable bonds is 8. The van der Waals surface area contributed by atoms with Gasteiger partial charge in [-0.05, 0) is 69.6 Å². The number of carbonyl (C=O) groups excluding carboxylic acids is 1. The van der Waals surface area contributed by atoms with Crippen LogP contribution in [0.4, 0.5) is 11.4 Å². The van der Waals surface area contributed by atoms with E-state index in [1.165, 1.54) is 32.1 Å². The van der Waals surface area contributed by atoms with Gasteiger partial charge in [0.25, 0.3) is 0 Å². The van der Waals surface area contributed by atoms with E-state index in [2.05, 4.69) is 26.1 Å². The number of ether oxygens (including phenoxy) is 3. The van der Waals surface area contributed by atoms with Crippen LogP contribution in [0.1, 0.15) is 58.8 Å². The quantitative estimate of drug-likeness (QED) is 0.466. The maximum absolute atomic E-state index is 13.4. The number of benzene rings is 1. The number of nitrogens with zero attached hydrogens (tertiary/aromatic N) is 1. The number of amides is 1. The Hall–Kier alpha value is -1.47. The molecule has 1 aromatic carbocycles. The summed E-state index contributed by atoms with van der Waals surface area (Å²) in [4.78, 5) is 15.6. The minimum absolute atomic E-state index is 0.0931. The van der Waals surface area contributed by atoms with Crippen molar-refractivity contribution in [3.05, 3.63) is 12.1 Å². The van der Waals surface area contributed by atoms with Crippen LogP contribution in [0.15, 0.2) is 12.1 Å². The van der Waals surface area contributed by atoms with E-state index in [0.717, 1.165) is 42.8 Å². The number of carbonyl (C=O) groups is 1. The summed E-state index contributed by atoms with van der Waals surface area (Å²) in [6.45, 7) is 8.10. The SMILES string of the molecule is CCOc1cc(N2CCOCC2)c(OCC)cc1NC(=O)CC12CC3CC(CC(Br)(C3)C1)C2. The standard InChI is InChI=1S/C26H37BrN2O4/c1-3-32-22-11-21(29-5-7-31-8-6-29)23(33-4-2)10-20(22)28-24(30)16-25-12-18-9-19(13-25)15-26(27,14-18)17-25/h10-11,18-19H,3-9,12-17H2,1-2H3,(H,28,30). The first-order chi connectivity index (χ1) is 15.9. The second-order valence-corrected chi connectivity index (χ2v) is 12.3. The van der Waals surface area contributed by atoms with Crippen LogP contribution in [0.2, 0.25) is 0 Å². The first-order valence-electron chi connectivity index (χ1n) is 12.7. The topological polar surface area (TPSA) is 60.0 Å². The number of halogens is 1. The molecule has 1 amide bonds. The number of nitrogens with one attached hydrogen (secondary N) is 1. The number of alkyl halides is 1. The summed E-state index contributed by atoms with van der Waals surface area (Å²) in [5.41, 5.74) is 1.85. The van der Waals surface area contributed by atoms with Gasteiger partial charge in [-0.3, -0.25) is 4.79 Å². The number of anilines is 2. The second kappa shape index (κ2) is 9.29. The van der Waals surface area contributed by atoms with E-state index in [1.54, 1.807) is 0 Å². The molecule has 7 heteroatoms. The van der Waals surface area contributed by atoms with Crippen LogP contribution in [0, 0.1) is 17.3 Å². The van der Waals surface area contributed by atoms with Crippen LogP contribution >= 0.6 is 15.9 Å². The third-order valence-corrected chi connectivity index (χ3v) is 8.86. The van der Waals surface area contributed by atoms with E-state index in [-0.39, 0.29) is 15.6 Å². The molecule has 5 fully saturated rings. The summed E-state index contributed by atoms with van der Waals surface area (Å²) in [5.74, 6) is 3.13.